The Balaban J connectivity index is 1.38. The van der Waals surface area contributed by atoms with Crippen LogP contribution < -0.4 is 5.32 Å². The van der Waals surface area contributed by atoms with Crippen LogP contribution >= 0.6 is 0 Å². The fraction of sp³-hybridized carbons (Fsp3) is 0.417. The Labute approximate surface area is 172 Å². The number of carbonyl (C=O) groups is 2. The third kappa shape index (κ3) is 4.85. The van der Waals surface area contributed by atoms with E-state index >= 15 is 0 Å². The van der Waals surface area contributed by atoms with Crippen LogP contribution in [-0.2, 0) is 11.2 Å². The lowest BCUT2D eigenvalue weighted by Gasteiger charge is -2.37. The first-order valence-corrected chi connectivity index (χ1v) is 10.6. The summed E-state index contributed by atoms with van der Waals surface area (Å²) in [6, 6.07) is 18.4. The number of benzene rings is 2. The maximum Gasteiger partial charge on any atom is 0.254 e. The molecule has 1 saturated heterocycles. The molecular weight excluding hydrogens is 362 g/mol. The minimum atomic E-state index is -0.141. The predicted molar refractivity (Wildman–Crippen MR) is 114 cm³/mol. The van der Waals surface area contributed by atoms with Gasteiger partial charge in [-0.15, -0.1) is 0 Å². The first kappa shape index (κ1) is 19.6. The van der Waals surface area contributed by atoms with E-state index in [-0.39, 0.29) is 17.9 Å². The molecule has 1 aliphatic heterocycles. The molecule has 2 aromatic carbocycles. The molecule has 0 aromatic heterocycles. The molecule has 2 fully saturated rings. The van der Waals surface area contributed by atoms with Crippen LogP contribution in [0.5, 0.6) is 0 Å². The first-order chi connectivity index (χ1) is 14.1. The molecular formula is C24H29N3O2. The highest BCUT2D eigenvalue weighted by atomic mass is 16.2. The van der Waals surface area contributed by atoms with Gasteiger partial charge in [0.1, 0.15) is 0 Å². The van der Waals surface area contributed by atoms with Gasteiger partial charge in [0.25, 0.3) is 5.91 Å². The monoisotopic (exact) mass is 391 g/mol. The molecule has 5 heteroatoms. The summed E-state index contributed by atoms with van der Waals surface area (Å²) in [6.45, 7) is 4.72. The smallest absolute Gasteiger partial charge is 0.254 e. The van der Waals surface area contributed by atoms with Crippen molar-refractivity contribution >= 4 is 11.8 Å². The van der Waals surface area contributed by atoms with E-state index < -0.39 is 0 Å². The lowest BCUT2D eigenvalue weighted by atomic mass is 9.98. The van der Waals surface area contributed by atoms with Gasteiger partial charge >= 0.3 is 0 Å². The summed E-state index contributed by atoms with van der Waals surface area (Å²) in [5, 5.41) is 3.08. The van der Waals surface area contributed by atoms with Crippen LogP contribution in [0.25, 0.3) is 0 Å². The van der Waals surface area contributed by atoms with Crippen molar-refractivity contribution in [2.75, 3.05) is 26.2 Å². The van der Waals surface area contributed by atoms with E-state index in [0.29, 0.717) is 19.1 Å². The van der Waals surface area contributed by atoms with Gasteiger partial charge in [-0.05, 0) is 43.4 Å². The molecule has 0 radical (unpaired) electrons. The van der Waals surface area contributed by atoms with Crippen molar-refractivity contribution in [1.29, 1.82) is 0 Å². The van der Waals surface area contributed by atoms with Gasteiger partial charge in [-0.2, -0.15) is 0 Å². The molecule has 1 aliphatic carbocycles. The molecule has 1 heterocycles. The van der Waals surface area contributed by atoms with E-state index in [4.69, 9.17) is 0 Å². The van der Waals surface area contributed by atoms with Gasteiger partial charge in [0, 0.05) is 37.8 Å². The van der Waals surface area contributed by atoms with Crippen LogP contribution in [0.15, 0.2) is 54.6 Å². The van der Waals surface area contributed by atoms with E-state index in [1.165, 1.54) is 5.56 Å². The average Bonchev–Trinajstić information content (AvgIpc) is 3.58. The van der Waals surface area contributed by atoms with Crippen molar-refractivity contribution in [3.05, 3.63) is 71.3 Å². The highest BCUT2D eigenvalue weighted by Gasteiger charge is 2.31. The molecule has 29 heavy (non-hydrogen) atoms. The van der Waals surface area contributed by atoms with Crippen molar-refractivity contribution in [3.8, 4) is 0 Å². The van der Waals surface area contributed by atoms with Gasteiger partial charge in [-0.3, -0.25) is 14.5 Å². The molecule has 2 aliphatic rings. The average molecular weight is 392 g/mol. The van der Waals surface area contributed by atoms with E-state index in [9.17, 15) is 9.59 Å². The van der Waals surface area contributed by atoms with Gasteiger partial charge in [0.05, 0.1) is 6.04 Å². The number of rotatable bonds is 6. The van der Waals surface area contributed by atoms with Crippen LogP contribution in [0, 0.1) is 0 Å². The van der Waals surface area contributed by atoms with Crippen molar-refractivity contribution in [2.24, 2.45) is 0 Å². The number of nitrogens with zero attached hydrogens (tertiary/aromatic N) is 2. The van der Waals surface area contributed by atoms with Crippen LogP contribution in [-0.4, -0.2) is 59.9 Å². The molecule has 1 saturated carbocycles. The van der Waals surface area contributed by atoms with Crippen LogP contribution in [0.4, 0.5) is 0 Å². The maximum atomic E-state index is 13.2. The molecule has 2 amide bonds. The van der Waals surface area contributed by atoms with Crippen LogP contribution in [0.2, 0.25) is 0 Å². The first-order valence-electron chi connectivity index (χ1n) is 10.6. The Kier molecular flexibility index (Phi) is 5.95. The molecule has 4 rings (SSSR count). The summed E-state index contributed by atoms with van der Waals surface area (Å²) >= 11 is 0. The fourth-order valence-electron chi connectivity index (χ4n) is 3.90. The van der Waals surface area contributed by atoms with Crippen LogP contribution in [0.1, 0.15) is 41.3 Å². The summed E-state index contributed by atoms with van der Waals surface area (Å²) < 4.78 is 0. The van der Waals surface area contributed by atoms with Crippen molar-refractivity contribution in [2.45, 2.75) is 38.3 Å². The van der Waals surface area contributed by atoms with E-state index in [2.05, 4.69) is 22.3 Å². The zero-order chi connectivity index (χ0) is 20.2. The van der Waals surface area contributed by atoms with Gasteiger partial charge in [0.2, 0.25) is 5.91 Å². The van der Waals surface area contributed by atoms with E-state index in [1.54, 1.807) is 0 Å². The zero-order valence-corrected chi connectivity index (χ0v) is 17.0. The quantitative estimate of drug-likeness (QED) is 0.824. The number of amides is 2. The number of carbonyl (C=O) groups excluding carboxylic acids is 2. The minimum Gasteiger partial charge on any atom is -0.352 e. The lowest BCUT2D eigenvalue weighted by molar-refractivity contribution is -0.126. The number of piperazine rings is 1. The van der Waals surface area contributed by atoms with E-state index in [1.807, 2.05) is 54.3 Å². The number of nitrogens with one attached hydrogen (secondary N) is 1. The van der Waals surface area contributed by atoms with Crippen molar-refractivity contribution in [1.82, 2.24) is 15.1 Å². The molecule has 2 aromatic rings. The van der Waals surface area contributed by atoms with Crippen LogP contribution in [0.3, 0.4) is 0 Å². The fourth-order valence-corrected chi connectivity index (χ4v) is 3.90. The van der Waals surface area contributed by atoms with Gasteiger partial charge < -0.3 is 10.2 Å². The highest BCUT2D eigenvalue weighted by Crippen LogP contribution is 2.20. The summed E-state index contributed by atoms with van der Waals surface area (Å²) in [7, 11) is 0. The highest BCUT2D eigenvalue weighted by molar-refractivity contribution is 5.96. The summed E-state index contributed by atoms with van der Waals surface area (Å²) in [5.74, 6) is 0.201. The standard InChI is InChI=1S/C24H29N3O2/c1-18(23(28)25-21-11-12-21)26-13-15-27(16-14-26)24(29)22-10-6-5-9-20(22)17-19-7-3-2-4-8-19/h2-10,18,21H,11-17H2,1H3,(H,25,28). The Bertz CT molecular complexity index is 855. The second-order valence-electron chi connectivity index (χ2n) is 8.11. The second-order valence-corrected chi connectivity index (χ2v) is 8.11. The molecule has 152 valence electrons. The van der Waals surface area contributed by atoms with Gasteiger partial charge in [0.15, 0.2) is 0 Å². The molecule has 0 bridgehead atoms. The molecule has 5 nitrogen and oxygen atoms in total. The SMILES string of the molecule is CC(C(=O)NC1CC1)N1CCN(C(=O)c2ccccc2Cc2ccccc2)CC1. The minimum absolute atomic E-state index is 0.0891. The summed E-state index contributed by atoms with van der Waals surface area (Å²) in [5.41, 5.74) is 3.04. The van der Waals surface area contributed by atoms with E-state index in [0.717, 1.165) is 43.5 Å². The van der Waals surface area contributed by atoms with Gasteiger partial charge in [-0.1, -0.05) is 48.5 Å². The Morgan fingerprint density at radius 3 is 2.31 bits per heavy atom. The largest absolute Gasteiger partial charge is 0.352 e. The Morgan fingerprint density at radius 2 is 1.62 bits per heavy atom. The predicted octanol–water partition coefficient (Wildman–Crippen LogP) is 2.70. The van der Waals surface area contributed by atoms with Crippen molar-refractivity contribution in [3.63, 3.8) is 0 Å². The Morgan fingerprint density at radius 1 is 0.966 bits per heavy atom. The molecule has 0 spiro atoms. The molecule has 1 unspecified atom stereocenters. The maximum absolute atomic E-state index is 13.2. The number of hydrogen-bond donors (Lipinski definition) is 1. The Hall–Kier alpha value is -2.66. The second kappa shape index (κ2) is 8.78. The number of hydrogen-bond acceptors (Lipinski definition) is 3. The zero-order valence-electron chi connectivity index (χ0n) is 17.0. The lowest BCUT2D eigenvalue weighted by Crippen LogP contribution is -2.55. The molecule has 1 atom stereocenters. The van der Waals surface area contributed by atoms with Crippen molar-refractivity contribution < 1.29 is 9.59 Å². The third-order valence-corrected chi connectivity index (χ3v) is 5.94. The topological polar surface area (TPSA) is 52.7 Å². The third-order valence-electron chi connectivity index (χ3n) is 5.94. The normalized spacial score (nSPS) is 18.3. The summed E-state index contributed by atoms with van der Waals surface area (Å²) in [6.07, 6.45) is 2.95. The van der Waals surface area contributed by atoms with Gasteiger partial charge in [-0.25, -0.2) is 0 Å². The summed E-state index contributed by atoms with van der Waals surface area (Å²) in [4.78, 5) is 29.6. The molecule has 1 N–H and O–H groups in total.